The molecule has 0 unspecified atom stereocenters. The molecule has 1 aromatic heterocycles. The summed E-state index contributed by atoms with van der Waals surface area (Å²) in [5.41, 5.74) is -0.128. The van der Waals surface area contributed by atoms with Crippen LogP contribution in [-0.4, -0.2) is 36.3 Å². The van der Waals surface area contributed by atoms with E-state index in [1.807, 2.05) is 29.4 Å². The molecule has 27 heavy (non-hydrogen) atoms. The van der Waals surface area contributed by atoms with Gasteiger partial charge in [-0.2, -0.15) is 13.2 Å². The number of carbonyl (C=O) groups excluding carboxylic acids is 1. The van der Waals surface area contributed by atoms with E-state index in [2.05, 4.69) is 10.3 Å². The number of aromatic nitrogens is 1. The van der Waals surface area contributed by atoms with Crippen LogP contribution in [0.15, 0.2) is 47.5 Å². The van der Waals surface area contributed by atoms with Crippen LogP contribution in [0.4, 0.5) is 19.0 Å². The minimum absolute atomic E-state index is 0.0785. The first-order chi connectivity index (χ1) is 12.9. The summed E-state index contributed by atoms with van der Waals surface area (Å²) in [6.45, 7) is 1.22. The number of halogens is 3. The number of anilines is 1. The summed E-state index contributed by atoms with van der Waals surface area (Å²) >= 11 is 1.51. The van der Waals surface area contributed by atoms with E-state index >= 15 is 0 Å². The van der Waals surface area contributed by atoms with Crippen LogP contribution in [0.25, 0.3) is 0 Å². The maximum Gasteiger partial charge on any atom is 0.417 e. The Hall–Kier alpha value is -2.22. The highest BCUT2D eigenvalue weighted by Gasteiger charge is 2.31. The molecule has 2 heterocycles. The van der Waals surface area contributed by atoms with E-state index in [-0.39, 0.29) is 11.9 Å². The second-order valence-electron chi connectivity index (χ2n) is 6.36. The third-order valence-electron chi connectivity index (χ3n) is 4.51. The third kappa shape index (κ3) is 4.74. The van der Waals surface area contributed by atoms with Crippen LogP contribution in [0, 0.1) is 0 Å². The minimum Gasteiger partial charge on any atom is -0.355 e. The first-order valence-corrected chi connectivity index (χ1v) is 9.83. The molecular formula is C19H20F3N3OS. The number of thioether (sulfide) groups is 1. The van der Waals surface area contributed by atoms with Gasteiger partial charge in [0, 0.05) is 30.2 Å². The molecule has 4 nitrogen and oxygen atoms in total. The van der Waals surface area contributed by atoms with E-state index in [1.54, 1.807) is 6.07 Å². The Kier molecular flexibility index (Phi) is 5.94. The Balaban J connectivity index is 1.66. The zero-order valence-corrected chi connectivity index (χ0v) is 15.6. The normalized spacial score (nSPS) is 17.6. The number of amides is 1. The number of hydrogen-bond donors (Lipinski definition) is 1. The predicted octanol–water partition coefficient (Wildman–Crippen LogP) is 4.22. The Morgan fingerprint density at radius 3 is 2.70 bits per heavy atom. The zero-order valence-electron chi connectivity index (χ0n) is 14.8. The van der Waals surface area contributed by atoms with Gasteiger partial charge >= 0.3 is 6.18 Å². The molecule has 1 aromatic carbocycles. The van der Waals surface area contributed by atoms with Crippen molar-refractivity contribution >= 4 is 23.5 Å². The van der Waals surface area contributed by atoms with Crippen molar-refractivity contribution in [3.8, 4) is 0 Å². The Labute approximate surface area is 160 Å². The van der Waals surface area contributed by atoms with E-state index in [1.165, 1.54) is 17.8 Å². The first kappa shape index (κ1) is 19.5. The van der Waals surface area contributed by atoms with Gasteiger partial charge in [-0.1, -0.05) is 12.1 Å². The molecule has 1 saturated heterocycles. The number of hydrogen-bond acceptors (Lipinski definition) is 4. The van der Waals surface area contributed by atoms with Crippen LogP contribution in [0.2, 0.25) is 0 Å². The fourth-order valence-electron chi connectivity index (χ4n) is 3.14. The molecule has 1 fully saturated rings. The van der Waals surface area contributed by atoms with Gasteiger partial charge in [0.2, 0.25) is 0 Å². The predicted molar refractivity (Wildman–Crippen MR) is 100 cm³/mol. The van der Waals surface area contributed by atoms with Gasteiger partial charge in [0.15, 0.2) is 0 Å². The van der Waals surface area contributed by atoms with Crippen LogP contribution < -0.4 is 10.2 Å². The molecular weight excluding hydrogens is 375 g/mol. The minimum atomic E-state index is -4.39. The average molecular weight is 395 g/mol. The Morgan fingerprint density at radius 2 is 2.04 bits per heavy atom. The van der Waals surface area contributed by atoms with Crippen molar-refractivity contribution in [2.75, 3.05) is 24.2 Å². The topological polar surface area (TPSA) is 45.2 Å². The molecule has 1 amide bonds. The highest BCUT2D eigenvalue weighted by molar-refractivity contribution is 7.98. The molecule has 1 N–H and O–H groups in total. The summed E-state index contributed by atoms with van der Waals surface area (Å²) in [5.74, 6) is 0.360. The molecule has 1 atom stereocenters. The standard InChI is InChI=1S/C19H20F3N3OS/c1-27-16-7-3-2-6-15(16)18(26)24-14-5-4-10-25(12-14)17-9-8-13(11-23-17)19(20,21)22/h2-3,6-9,11,14H,4-5,10,12H2,1H3,(H,24,26)/t14-/m0/s1. The molecule has 0 saturated carbocycles. The van der Waals surface area contributed by atoms with Crippen LogP contribution in [0.3, 0.4) is 0 Å². The van der Waals surface area contributed by atoms with Gasteiger partial charge in [-0.3, -0.25) is 4.79 Å². The number of alkyl halides is 3. The largest absolute Gasteiger partial charge is 0.417 e. The third-order valence-corrected chi connectivity index (χ3v) is 5.30. The molecule has 1 aliphatic rings. The fourth-order valence-corrected chi connectivity index (χ4v) is 3.73. The number of nitrogens with one attached hydrogen (secondary N) is 1. The number of carbonyl (C=O) groups is 1. The van der Waals surface area contributed by atoms with Crippen molar-refractivity contribution in [3.63, 3.8) is 0 Å². The smallest absolute Gasteiger partial charge is 0.355 e. The molecule has 0 spiro atoms. The van der Waals surface area contributed by atoms with E-state index in [4.69, 9.17) is 0 Å². The van der Waals surface area contributed by atoms with E-state index in [0.29, 0.717) is 24.5 Å². The van der Waals surface area contributed by atoms with E-state index < -0.39 is 11.7 Å². The highest BCUT2D eigenvalue weighted by Crippen LogP contribution is 2.30. The maximum atomic E-state index is 12.7. The van der Waals surface area contributed by atoms with Crippen molar-refractivity contribution < 1.29 is 18.0 Å². The van der Waals surface area contributed by atoms with Crippen LogP contribution in [-0.2, 0) is 6.18 Å². The fraction of sp³-hybridized carbons (Fsp3) is 0.368. The Morgan fingerprint density at radius 1 is 1.26 bits per heavy atom. The molecule has 3 rings (SSSR count). The van der Waals surface area contributed by atoms with Crippen LogP contribution in [0.1, 0.15) is 28.8 Å². The second kappa shape index (κ2) is 8.21. The highest BCUT2D eigenvalue weighted by atomic mass is 32.2. The lowest BCUT2D eigenvalue weighted by Crippen LogP contribution is -2.48. The SMILES string of the molecule is CSc1ccccc1C(=O)N[C@H]1CCCN(c2ccc(C(F)(F)F)cn2)C1. The van der Waals surface area contributed by atoms with Crippen molar-refractivity contribution in [2.45, 2.75) is 30.0 Å². The molecule has 8 heteroatoms. The van der Waals surface area contributed by atoms with Gasteiger partial charge in [-0.25, -0.2) is 4.98 Å². The molecule has 144 valence electrons. The molecule has 0 bridgehead atoms. The van der Waals surface area contributed by atoms with Gasteiger partial charge in [0.1, 0.15) is 5.82 Å². The molecule has 2 aromatic rings. The van der Waals surface area contributed by atoms with Gasteiger partial charge in [-0.05, 0) is 43.4 Å². The number of pyridine rings is 1. The summed E-state index contributed by atoms with van der Waals surface area (Å²) in [6, 6.07) is 9.76. The van der Waals surface area contributed by atoms with Crippen molar-refractivity contribution in [1.29, 1.82) is 0 Å². The summed E-state index contributed by atoms with van der Waals surface area (Å²) in [4.78, 5) is 19.4. The second-order valence-corrected chi connectivity index (χ2v) is 7.21. The van der Waals surface area contributed by atoms with Crippen molar-refractivity contribution in [2.24, 2.45) is 0 Å². The van der Waals surface area contributed by atoms with E-state index in [9.17, 15) is 18.0 Å². The Bertz CT molecular complexity index is 796. The summed E-state index contributed by atoms with van der Waals surface area (Å²) in [7, 11) is 0. The van der Waals surface area contributed by atoms with E-state index in [0.717, 1.165) is 30.0 Å². The number of rotatable bonds is 4. The maximum absolute atomic E-state index is 12.7. The van der Waals surface area contributed by atoms with Crippen molar-refractivity contribution in [3.05, 3.63) is 53.7 Å². The monoisotopic (exact) mass is 395 g/mol. The van der Waals surface area contributed by atoms with Gasteiger partial charge in [-0.15, -0.1) is 11.8 Å². The van der Waals surface area contributed by atoms with Gasteiger partial charge < -0.3 is 10.2 Å². The molecule has 0 radical (unpaired) electrons. The summed E-state index contributed by atoms with van der Waals surface area (Å²) in [5, 5.41) is 3.04. The van der Waals surface area contributed by atoms with Crippen LogP contribution >= 0.6 is 11.8 Å². The molecule has 0 aliphatic carbocycles. The average Bonchev–Trinajstić information content (AvgIpc) is 2.67. The van der Waals surface area contributed by atoms with Gasteiger partial charge in [0.25, 0.3) is 5.91 Å². The number of piperidine rings is 1. The zero-order chi connectivity index (χ0) is 19.4. The lowest BCUT2D eigenvalue weighted by Gasteiger charge is -2.34. The lowest BCUT2D eigenvalue weighted by molar-refractivity contribution is -0.137. The molecule has 1 aliphatic heterocycles. The summed E-state index contributed by atoms with van der Waals surface area (Å²) in [6.07, 6.45) is 0.0354. The quantitative estimate of drug-likeness (QED) is 0.788. The lowest BCUT2D eigenvalue weighted by atomic mass is 10.0. The van der Waals surface area contributed by atoms with Gasteiger partial charge in [0.05, 0.1) is 11.1 Å². The van der Waals surface area contributed by atoms with Crippen molar-refractivity contribution in [1.82, 2.24) is 10.3 Å². The van der Waals surface area contributed by atoms with Crippen LogP contribution in [0.5, 0.6) is 0 Å². The number of nitrogens with zero attached hydrogens (tertiary/aromatic N) is 2. The number of benzene rings is 1. The summed E-state index contributed by atoms with van der Waals surface area (Å²) < 4.78 is 38.1. The first-order valence-electron chi connectivity index (χ1n) is 8.60.